The Morgan fingerprint density at radius 1 is 1.14 bits per heavy atom. The maximum Gasteiger partial charge on any atom is 0.322 e. The second kappa shape index (κ2) is 7.16. The van der Waals surface area contributed by atoms with Crippen molar-refractivity contribution in [3.05, 3.63) is 59.1 Å². The van der Waals surface area contributed by atoms with Gasteiger partial charge in [-0.1, -0.05) is 23.7 Å². The maximum absolute atomic E-state index is 12.7. The number of anilines is 1. The normalized spacial score (nSPS) is 19.0. The summed E-state index contributed by atoms with van der Waals surface area (Å²) in [5.41, 5.74) is -1.34. The number of ether oxygens (including phenoxy) is 1. The third-order valence-electron chi connectivity index (χ3n) is 4.48. The first-order chi connectivity index (χ1) is 13.1. The first kappa shape index (κ1) is 19.7. The Bertz CT molecular complexity index is 943. The number of halogens is 1. The van der Waals surface area contributed by atoms with Gasteiger partial charge in [0.05, 0.1) is 0 Å². The number of amides is 4. The Labute approximate surface area is 167 Å². The summed E-state index contributed by atoms with van der Waals surface area (Å²) in [6.45, 7) is 4.89. The molecule has 1 heterocycles. The molecule has 1 atom stereocenters. The highest BCUT2D eigenvalue weighted by molar-refractivity contribution is 6.30. The molecule has 146 valence electrons. The van der Waals surface area contributed by atoms with Gasteiger partial charge >= 0.3 is 6.03 Å². The van der Waals surface area contributed by atoms with Gasteiger partial charge in [-0.3, -0.25) is 14.9 Å². The van der Waals surface area contributed by atoms with Gasteiger partial charge in [-0.05, 0) is 62.7 Å². The van der Waals surface area contributed by atoms with Gasteiger partial charge in [0.25, 0.3) is 11.8 Å². The molecule has 1 saturated heterocycles. The molecule has 2 aromatic carbocycles. The lowest BCUT2D eigenvalue weighted by Crippen LogP contribution is -2.43. The van der Waals surface area contributed by atoms with E-state index in [2.05, 4.69) is 16.0 Å². The van der Waals surface area contributed by atoms with E-state index < -0.39 is 23.1 Å². The molecule has 0 aromatic heterocycles. The van der Waals surface area contributed by atoms with Crippen molar-refractivity contribution >= 4 is 35.1 Å². The summed E-state index contributed by atoms with van der Waals surface area (Å²) < 4.78 is 5.78. The minimum atomic E-state index is -1.20. The molecule has 4 amide bonds. The monoisotopic (exact) mass is 401 g/mol. The lowest BCUT2D eigenvalue weighted by molar-refractivity contribution is -0.128. The largest absolute Gasteiger partial charge is 0.478 e. The number of benzene rings is 2. The summed E-state index contributed by atoms with van der Waals surface area (Å²) in [4.78, 5) is 36.3. The molecule has 1 fully saturated rings. The SMILES string of the molecule is CC(C)(Oc1ccc(Cl)cc1)C(=O)Nc1cccc([C@]2(C)NC(=O)NC2=O)c1. The van der Waals surface area contributed by atoms with Gasteiger partial charge in [0.1, 0.15) is 11.3 Å². The summed E-state index contributed by atoms with van der Waals surface area (Å²) in [6, 6.07) is 12.9. The second-order valence-corrected chi connectivity index (χ2v) is 7.57. The molecule has 0 spiro atoms. The van der Waals surface area contributed by atoms with Crippen LogP contribution in [-0.2, 0) is 15.1 Å². The lowest BCUT2D eigenvalue weighted by Gasteiger charge is -2.26. The fraction of sp³-hybridized carbons (Fsp3) is 0.250. The van der Waals surface area contributed by atoms with E-state index in [-0.39, 0.29) is 5.91 Å². The minimum Gasteiger partial charge on any atom is -0.478 e. The maximum atomic E-state index is 12.7. The van der Waals surface area contributed by atoms with Crippen molar-refractivity contribution in [3.8, 4) is 5.75 Å². The molecule has 3 N–H and O–H groups in total. The Balaban J connectivity index is 1.76. The lowest BCUT2D eigenvalue weighted by atomic mass is 9.92. The molecular formula is C20H20ClN3O4. The average Bonchev–Trinajstić information content (AvgIpc) is 2.90. The van der Waals surface area contributed by atoms with Crippen molar-refractivity contribution in [1.82, 2.24) is 10.6 Å². The number of carbonyl (C=O) groups is 3. The third kappa shape index (κ3) is 3.94. The van der Waals surface area contributed by atoms with Crippen molar-refractivity contribution in [1.29, 1.82) is 0 Å². The van der Waals surface area contributed by atoms with Gasteiger partial charge in [-0.2, -0.15) is 0 Å². The van der Waals surface area contributed by atoms with Crippen molar-refractivity contribution in [3.63, 3.8) is 0 Å². The molecular weight excluding hydrogens is 382 g/mol. The van der Waals surface area contributed by atoms with E-state index in [1.807, 2.05) is 0 Å². The smallest absolute Gasteiger partial charge is 0.322 e. The van der Waals surface area contributed by atoms with Crippen LogP contribution in [0.2, 0.25) is 5.02 Å². The summed E-state index contributed by atoms with van der Waals surface area (Å²) in [6.07, 6.45) is 0. The quantitative estimate of drug-likeness (QED) is 0.670. The number of hydrogen-bond donors (Lipinski definition) is 3. The van der Waals surface area contributed by atoms with E-state index >= 15 is 0 Å². The fourth-order valence-electron chi connectivity index (χ4n) is 2.78. The molecule has 0 aliphatic carbocycles. The van der Waals surface area contributed by atoms with Crippen LogP contribution >= 0.6 is 11.6 Å². The molecule has 2 aromatic rings. The highest BCUT2D eigenvalue weighted by Gasteiger charge is 2.43. The van der Waals surface area contributed by atoms with Crippen molar-refractivity contribution in [2.24, 2.45) is 0 Å². The van der Waals surface area contributed by atoms with Crippen LogP contribution in [0.25, 0.3) is 0 Å². The topological polar surface area (TPSA) is 96.5 Å². The summed E-state index contributed by atoms with van der Waals surface area (Å²) in [7, 11) is 0. The standard InChI is InChI=1S/C20H20ClN3O4/c1-19(2,28-15-9-7-13(21)8-10-15)16(25)22-14-6-4-5-12(11-14)20(3)17(26)23-18(27)24-20/h4-11H,1-3H3,(H,22,25)(H2,23,24,26,27)/t20-/m0/s1. The zero-order chi connectivity index (χ0) is 20.5. The predicted octanol–water partition coefficient (Wildman–Crippen LogP) is 3.19. The van der Waals surface area contributed by atoms with Gasteiger partial charge in [0.15, 0.2) is 5.60 Å². The number of carbonyl (C=O) groups excluding carboxylic acids is 3. The van der Waals surface area contributed by atoms with E-state index in [1.54, 1.807) is 69.3 Å². The summed E-state index contributed by atoms with van der Waals surface area (Å²) >= 11 is 5.86. The van der Waals surface area contributed by atoms with Crippen molar-refractivity contribution in [2.75, 3.05) is 5.32 Å². The van der Waals surface area contributed by atoms with Crippen LogP contribution in [0.1, 0.15) is 26.3 Å². The number of nitrogens with one attached hydrogen (secondary N) is 3. The average molecular weight is 402 g/mol. The molecule has 0 saturated carbocycles. The molecule has 0 unspecified atom stereocenters. The van der Waals surface area contributed by atoms with Crippen LogP contribution in [0.3, 0.4) is 0 Å². The van der Waals surface area contributed by atoms with E-state index in [9.17, 15) is 14.4 Å². The van der Waals surface area contributed by atoms with Crippen molar-refractivity contribution in [2.45, 2.75) is 31.9 Å². The number of imide groups is 1. The van der Waals surface area contributed by atoms with Gasteiger partial charge in [0.2, 0.25) is 0 Å². The van der Waals surface area contributed by atoms with Gasteiger partial charge in [-0.25, -0.2) is 4.79 Å². The molecule has 1 aliphatic rings. The summed E-state index contributed by atoms with van der Waals surface area (Å²) in [5.74, 6) is -0.312. The molecule has 0 bridgehead atoms. The molecule has 8 heteroatoms. The third-order valence-corrected chi connectivity index (χ3v) is 4.73. The Morgan fingerprint density at radius 2 is 1.82 bits per heavy atom. The van der Waals surface area contributed by atoms with E-state index in [0.29, 0.717) is 22.0 Å². The van der Waals surface area contributed by atoms with Crippen LogP contribution in [0.4, 0.5) is 10.5 Å². The number of urea groups is 1. The zero-order valence-corrected chi connectivity index (χ0v) is 16.4. The Hall–Kier alpha value is -3.06. The number of rotatable bonds is 5. The van der Waals surface area contributed by atoms with Crippen LogP contribution < -0.4 is 20.7 Å². The van der Waals surface area contributed by atoms with E-state index in [1.165, 1.54) is 0 Å². The Morgan fingerprint density at radius 3 is 2.43 bits per heavy atom. The minimum absolute atomic E-state index is 0.371. The van der Waals surface area contributed by atoms with Crippen molar-refractivity contribution < 1.29 is 19.1 Å². The molecule has 7 nitrogen and oxygen atoms in total. The van der Waals surface area contributed by atoms with Crippen LogP contribution in [0, 0.1) is 0 Å². The highest BCUT2D eigenvalue weighted by atomic mass is 35.5. The fourth-order valence-corrected chi connectivity index (χ4v) is 2.91. The zero-order valence-electron chi connectivity index (χ0n) is 15.6. The van der Waals surface area contributed by atoms with Gasteiger partial charge in [-0.15, -0.1) is 0 Å². The molecule has 0 radical (unpaired) electrons. The second-order valence-electron chi connectivity index (χ2n) is 7.13. The Kier molecular flexibility index (Phi) is 5.04. The first-order valence-corrected chi connectivity index (χ1v) is 8.98. The highest BCUT2D eigenvalue weighted by Crippen LogP contribution is 2.27. The van der Waals surface area contributed by atoms with Crippen LogP contribution in [0.5, 0.6) is 5.75 Å². The number of hydrogen-bond acceptors (Lipinski definition) is 4. The molecule has 28 heavy (non-hydrogen) atoms. The van der Waals surface area contributed by atoms with Crippen LogP contribution in [0.15, 0.2) is 48.5 Å². The van der Waals surface area contributed by atoms with Gasteiger partial charge < -0.3 is 15.4 Å². The van der Waals surface area contributed by atoms with Gasteiger partial charge in [0, 0.05) is 10.7 Å². The van der Waals surface area contributed by atoms with E-state index in [0.717, 1.165) is 0 Å². The molecule has 3 rings (SSSR count). The molecule has 1 aliphatic heterocycles. The van der Waals surface area contributed by atoms with E-state index in [4.69, 9.17) is 16.3 Å². The van der Waals surface area contributed by atoms with Crippen LogP contribution in [-0.4, -0.2) is 23.4 Å². The summed E-state index contributed by atoms with van der Waals surface area (Å²) in [5, 5.41) is 8.17. The predicted molar refractivity (Wildman–Crippen MR) is 105 cm³/mol. The first-order valence-electron chi connectivity index (χ1n) is 8.60.